The molecule has 2 aromatic carbocycles. The highest BCUT2D eigenvalue weighted by atomic mass is 16.1. The van der Waals surface area contributed by atoms with Gasteiger partial charge >= 0.3 is 0 Å². The van der Waals surface area contributed by atoms with Crippen LogP contribution in [0.15, 0.2) is 60.8 Å². The first-order valence-corrected chi connectivity index (χ1v) is 13.5. The molecule has 3 heterocycles. The minimum Gasteiger partial charge on any atom is -0.352 e. The van der Waals surface area contributed by atoms with Crippen LogP contribution in [0.25, 0.3) is 16.8 Å². The normalized spacial score (nSPS) is 14.8. The Hall–Kier alpha value is -3.51. The van der Waals surface area contributed by atoms with Crippen molar-refractivity contribution in [3.8, 4) is 11.1 Å². The summed E-state index contributed by atoms with van der Waals surface area (Å²) >= 11 is 0. The van der Waals surface area contributed by atoms with Crippen molar-refractivity contribution in [2.45, 2.75) is 46.5 Å². The number of likely N-dealkylation sites (tertiary alicyclic amines) is 1. The number of rotatable bonds is 8. The van der Waals surface area contributed by atoms with Crippen molar-refractivity contribution in [3.05, 3.63) is 88.9 Å². The maximum atomic E-state index is 13.0. The molecule has 0 aliphatic carbocycles. The Morgan fingerprint density at radius 1 is 1.03 bits per heavy atom. The Kier molecular flexibility index (Phi) is 7.65. The van der Waals surface area contributed by atoms with Gasteiger partial charge in [-0.3, -0.25) is 4.79 Å². The number of aromatic nitrogens is 3. The van der Waals surface area contributed by atoms with Gasteiger partial charge in [0.25, 0.3) is 5.91 Å². The number of nitrogens with zero attached hydrogens (tertiary/aromatic N) is 4. The lowest BCUT2D eigenvalue weighted by atomic mass is 9.90. The van der Waals surface area contributed by atoms with E-state index < -0.39 is 0 Å². The number of piperidine rings is 1. The summed E-state index contributed by atoms with van der Waals surface area (Å²) in [6.07, 6.45) is 6.32. The van der Waals surface area contributed by atoms with Crippen LogP contribution in [-0.4, -0.2) is 51.6 Å². The second-order valence-electron chi connectivity index (χ2n) is 10.4. The third kappa shape index (κ3) is 5.75. The van der Waals surface area contributed by atoms with E-state index in [9.17, 15) is 4.79 Å². The molecule has 37 heavy (non-hydrogen) atoms. The van der Waals surface area contributed by atoms with Crippen molar-refractivity contribution in [1.82, 2.24) is 24.8 Å². The average molecular weight is 496 g/mol. The first kappa shape index (κ1) is 25.2. The predicted molar refractivity (Wildman–Crippen MR) is 149 cm³/mol. The quantitative estimate of drug-likeness (QED) is 0.333. The van der Waals surface area contributed by atoms with Crippen molar-refractivity contribution >= 4 is 11.6 Å². The molecule has 192 valence electrons. The SMILES string of the molecule is Cc1cccc(-c2c(C)nn3c(C)c(C(=O)NCCCN4CCC(Cc5ccccc5)CC4)cnc23)c1. The van der Waals surface area contributed by atoms with Gasteiger partial charge in [-0.2, -0.15) is 5.10 Å². The van der Waals surface area contributed by atoms with Crippen LogP contribution in [0.3, 0.4) is 0 Å². The fourth-order valence-corrected chi connectivity index (χ4v) is 5.52. The van der Waals surface area contributed by atoms with Crippen molar-refractivity contribution in [2.24, 2.45) is 5.92 Å². The molecule has 5 rings (SSSR count). The lowest BCUT2D eigenvalue weighted by molar-refractivity contribution is 0.0948. The number of benzene rings is 2. The average Bonchev–Trinajstić information content (AvgIpc) is 3.25. The number of hydrogen-bond acceptors (Lipinski definition) is 4. The number of carbonyl (C=O) groups excluding carboxylic acids is 1. The zero-order valence-electron chi connectivity index (χ0n) is 22.2. The molecule has 1 aliphatic heterocycles. The lowest BCUT2D eigenvalue weighted by Crippen LogP contribution is -2.36. The van der Waals surface area contributed by atoms with Crippen molar-refractivity contribution in [1.29, 1.82) is 0 Å². The highest BCUT2D eigenvalue weighted by Crippen LogP contribution is 2.29. The van der Waals surface area contributed by atoms with Crippen LogP contribution in [0.2, 0.25) is 0 Å². The summed E-state index contributed by atoms with van der Waals surface area (Å²) in [6, 6.07) is 19.2. The van der Waals surface area contributed by atoms with E-state index in [4.69, 9.17) is 5.10 Å². The van der Waals surface area contributed by atoms with Crippen LogP contribution < -0.4 is 5.32 Å². The summed E-state index contributed by atoms with van der Waals surface area (Å²) in [5.74, 6) is 0.694. The van der Waals surface area contributed by atoms with Gasteiger partial charge < -0.3 is 10.2 Å². The highest BCUT2D eigenvalue weighted by Gasteiger charge is 2.20. The third-order valence-corrected chi connectivity index (χ3v) is 7.62. The van der Waals surface area contributed by atoms with Gasteiger partial charge in [0.05, 0.1) is 17.0 Å². The summed E-state index contributed by atoms with van der Waals surface area (Å²) in [7, 11) is 0. The summed E-state index contributed by atoms with van der Waals surface area (Å²) in [4.78, 5) is 20.2. The molecule has 4 aromatic rings. The van der Waals surface area contributed by atoms with E-state index >= 15 is 0 Å². The topological polar surface area (TPSA) is 62.5 Å². The Balaban J connectivity index is 1.13. The van der Waals surface area contributed by atoms with E-state index in [2.05, 4.69) is 76.7 Å². The fourth-order valence-electron chi connectivity index (χ4n) is 5.52. The summed E-state index contributed by atoms with van der Waals surface area (Å²) < 4.78 is 1.81. The molecule has 1 amide bonds. The molecule has 0 saturated carbocycles. The van der Waals surface area contributed by atoms with Gasteiger partial charge in [0.1, 0.15) is 0 Å². The number of carbonyl (C=O) groups is 1. The minimum atomic E-state index is -0.0845. The number of aryl methyl sites for hydroxylation is 3. The predicted octanol–water partition coefficient (Wildman–Crippen LogP) is 5.40. The van der Waals surface area contributed by atoms with Crippen molar-refractivity contribution < 1.29 is 4.79 Å². The van der Waals surface area contributed by atoms with E-state index in [1.807, 2.05) is 18.4 Å². The van der Waals surface area contributed by atoms with E-state index in [-0.39, 0.29) is 5.91 Å². The molecule has 0 radical (unpaired) electrons. The molecule has 0 spiro atoms. The van der Waals surface area contributed by atoms with Gasteiger partial charge in [0.15, 0.2) is 5.65 Å². The summed E-state index contributed by atoms with van der Waals surface area (Å²) in [5, 5.41) is 7.82. The Labute approximate surface area is 219 Å². The van der Waals surface area contributed by atoms with Gasteiger partial charge in [-0.05, 0) is 83.1 Å². The summed E-state index contributed by atoms with van der Waals surface area (Å²) in [5.41, 5.74) is 7.84. The largest absolute Gasteiger partial charge is 0.352 e. The Morgan fingerprint density at radius 3 is 2.57 bits per heavy atom. The van der Waals surface area contributed by atoms with E-state index in [0.717, 1.165) is 60.1 Å². The maximum Gasteiger partial charge on any atom is 0.254 e. The lowest BCUT2D eigenvalue weighted by Gasteiger charge is -2.32. The standard InChI is InChI=1S/C31H37N5O/c1-22-9-7-12-27(19-22)29-23(2)34-36-24(3)28(21-33-30(29)36)31(37)32-15-8-16-35-17-13-26(14-18-35)20-25-10-5-4-6-11-25/h4-7,9-12,19,21,26H,8,13-18,20H2,1-3H3,(H,32,37). The molecule has 2 aromatic heterocycles. The second-order valence-corrected chi connectivity index (χ2v) is 10.4. The van der Waals surface area contributed by atoms with Crippen LogP contribution in [0.1, 0.15) is 52.1 Å². The molecule has 6 nitrogen and oxygen atoms in total. The van der Waals surface area contributed by atoms with Crippen LogP contribution >= 0.6 is 0 Å². The molecule has 0 atom stereocenters. The van der Waals surface area contributed by atoms with Crippen LogP contribution in [-0.2, 0) is 6.42 Å². The molecule has 6 heteroatoms. The minimum absolute atomic E-state index is 0.0845. The van der Waals surface area contributed by atoms with E-state index in [1.54, 1.807) is 6.20 Å². The molecule has 1 N–H and O–H groups in total. The van der Waals surface area contributed by atoms with E-state index in [0.29, 0.717) is 12.1 Å². The molecule has 0 unspecified atom stereocenters. The van der Waals surface area contributed by atoms with Gasteiger partial charge in [-0.1, -0.05) is 60.2 Å². The van der Waals surface area contributed by atoms with Gasteiger partial charge in [-0.15, -0.1) is 0 Å². The number of amides is 1. The molecule has 0 bridgehead atoms. The molecular weight excluding hydrogens is 458 g/mol. The Morgan fingerprint density at radius 2 is 1.81 bits per heavy atom. The van der Waals surface area contributed by atoms with Gasteiger partial charge in [0, 0.05) is 18.3 Å². The zero-order valence-corrected chi connectivity index (χ0v) is 22.2. The van der Waals surface area contributed by atoms with Crippen LogP contribution in [0.5, 0.6) is 0 Å². The monoisotopic (exact) mass is 495 g/mol. The first-order chi connectivity index (χ1) is 18.0. The number of nitrogens with one attached hydrogen (secondary N) is 1. The first-order valence-electron chi connectivity index (χ1n) is 13.5. The van der Waals surface area contributed by atoms with Gasteiger partial charge in [-0.25, -0.2) is 9.50 Å². The molecule has 1 saturated heterocycles. The molecule has 1 aliphatic rings. The zero-order chi connectivity index (χ0) is 25.8. The smallest absolute Gasteiger partial charge is 0.254 e. The Bertz CT molecular complexity index is 1370. The second kappa shape index (κ2) is 11.3. The van der Waals surface area contributed by atoms with Gasteiger partial charge in [0.2, 0.25) is 0 Å². The maximum absolute atomic E-state index is 13.0. The third-order valence-electron chi connectivity index (χ3n) is 7.62. The fraction of sp³-hybridized carbons (Fsp3) is 0.387. The molecular formula is C31H37N5O. The van der Waals surface area contributed by atoms with Crippen LogP contribution in [0.4, 0.5) is 0 Å². The van der Waals surface area contributed by atoms with Crippen molar-refractivity contribution in [2.75, 3.05) is 26.2 Å². The molecule has 1 fully saturated rings. The number of hydrogen-bond donors (Lipinski definition) is 1. The van der Waals surface area contributed by atoms with E-state index in [1.165, 1.54) is 30.4 Å². The summed E-state index contributed by atoms with van der Waals surface area (Å²) in [6.45, 7) is 9.99. The van der Waals surface area contributed by atoms with Crippen molar-refractivity contribution in [3.63, 3.8) is 0 Å². The number of fused-ring (bicyclic) bond motifs is 1. The van der Waals surface area contributed by atoms with Crippen LogP contribution in [0, 0.1) is 26.7 Å². The highest BCUT2D eigenvalue weighted by molar-refractivity contribution is 5.95.